The smallest absolute Gasteiger partial charge is 0.311 e. The summed E-state index contributed by atoms with van der Waals surface area (Å²) >= 11 is 9.95. The van der Waals surface area contributed by atoms with Crippen molar-refractivity contribution < 1.29 is 18.7 Å². The van der Waals surface area contributed by atoms with Crippen molar-refractivity contribution in [2.24, 2.45) is 17.3 Å². The lowest BCUT2D eigenvalue weighted by molar-refractivity contribution is -0.149. The van der Waals surface area contributed by atoms with E-state index in [1.807, 2.05) is 26.0 Å². The SMILES string of the molecule is CC1(C)C(C=C(Br)Br)C1C(=O)OC(C#N)c1ccc(F)c(Oc2ccc(Br)cc2)c1. The van der Waals surface area contributed by atoms with Gasteiger partial charge >= 0.3 is 5.97 Å². The van der Waals surface area contributed by atoms with Crippen molar-refractivity contribution in [1.82, 2.24) is 0 Å². The number of carbonyl (C=O) groups is 1. The summed E-state index contributed by atoms with van der Waals surface area (Å²) in [5.41, 5.74) is 0.0642. The van der Waals surface area contributed by atoms with E-state index in [2.05, 4.69) is 47.8 Å². The Morgan fingerprint density at radius 3 is 2.50 bits per heavy atom. The summed E-state index contributed by atoms with van der Waals surface area (Å²) in [6.45, 7) is 3.93. The molecule has 0 radical (unpaired) electrons. The van der Waals surface area contributed by atoms with Gasteiger partial charge in [0.05, 0.1) is 9.31 Å². The number of esters is 1. The van der Waals surface area contributed by atoms with Crippen molar-refractivity contribution in [2.75, 3.05) is 0 Å². The molecule has 0 aromatic heterocycles. The number of benzene rings is 2. The van der Waals surface area contributed by atoms with Gasteiger partial charge < -0.3 is 9.47 Å². The molecule has 0 heterocycles. The van der Waals surface area contributed by atoms with Crippen LogP contribution in [-0.4, -0.2) is 5.97 Å². The maximum Gasteiger partial charge on any atom is 0.311 e. The van der Waals surface area contributed by atoms with Crippen molar-refractivity contribution in [1.29, 1.82) is 5.26 Å². The minimum Gasteiger partial charge on any atom is -0.454 e. The van der Waals surface area contributed by atoms with Gasteiger partial charge in [0.2, 0.25) is 6.10 Å². The number of nitriles is 1. The Labute approximate surface area is 199 Å². The molecule has 1 aliphatic rings. The fraction of sp³-hybridized carbons (Fsp3) is 0.273. The lowest BCUT2D eigenvalue weighted by atomic mass is 10.1. The first-order valence-electron chi connectivity index (χ1n) is 8.99. The Morgan fingerprint density at radius 2 is 1.90 bits per heavy atom. The third-order valence-electron chi connectivity index (χ3n) is 5.12. The first-order chi connectivity index (χ1) is 14.1. The van der Waals surface area contributed by atoms with Crippen molar-refractivity contribution in [2.45, 2.75) is 20.0 Å². The lowest BCUT2D eigenvalue weighted by Gasteiger charge is -2.14. The van der Waals surface area contributed by atoms with E-state index in [4.69, 9.17) is 9.47 Å². The molecular formula is C22H17Br3FNO3. The number of halogens is 4. The highest BCUT2D eigenvalue weighted by atomic mass is 79.9. The van der Waals surface area contributed by atoms with Gasteiger partial charge in [-0.25, -0.2) is 4.39 Å². The molecule has 0 aliphatic heterocycles. The van der Waals surface area contributed by atoms with Crippen molar-refractivity contribution in [3.63, 3.8) is 0 Å². The quantitative estimate of drug-likeness (QED) is 0.324. The molecule has 0 N–H and O–H groups in total. The van der Waals surface area contributed by atoms with E-state index >= 15 is 0 Å². The van der Waals surface area contributed by atoms with E-state index < -0.39 is 17.9 Å². The molecule has 156 valence electrons. The van der Waals surface area contributed by atoms with Crippen LogP contribution in [0.15, 0.2) is 56.4 Å². The maximum atomic E-state index is 14.2. The highest BCUT2D eigenvalue weighted by Crippen LogP contribution is 2.60. The highest BCUT2D eigenvalue weighted by Gasteiger charge is 2.61. The first kappa shape index (κ1) is 23.0. The third-order valence-corrected chi connectivity index (χ3v) is 6.18. The molecule has 0 amide bonds. The Kier molecular flexibility index (Phi) is 7.05. The molecule has 2 aromatic rings. The van der Waals surface area contributed by atoms with Gasteiger partial charge in [0, 0.05) is 10.0 Å². The van der Waals surface area contributed by atoms with E-state index in [0.717, 1.165) is 7.86 Å². The zero-order chi connectivity index (χ0) is 22.1. The van der Waals surface area contributed by atoms with Crippen LogP contribution in [0.3, 0.4) is 0 Å². The monoisotopic (exact) mass is 599 g/mol. The van der Waals surface area contributed by atoms with Crippen LogP contribution >= 0.6 is 47.8 Å². The summed E-state index contributed by atoms with van der Waals surface area (Å²) in [6.07, 6.45) is 0.730. The van der Waals surface area contributed by atoms with Crippen LogP contribution in [0.25, 0.3) is 0 Å². The number of nitrogens with zero attached hydrogens (tertiary/aromatic N) is 1. The molecule has 2 aromatic carbocycles. The van der Waals surface area contributed by atoms with Gasteiger partial charge in [0.25, 0.3) is 0 Å². The number of ether oxygens (including phenoxy) is 2. The predicted molar refractivity (Wildman–Crippen MR) is 122 cm³/mol. The van der Waals surface area contributed by atoms with Gasteiger partial charge in [-0.05, 0) is 79.6 Å². The molecule has 8 heteroatoms. The van der Waals surface area contributed by atoms with Crippen LogP contribution in [0.1, 0.15) is 25.5 Å². The van der Waals surface area contributed by atoms with Crippen molar-refractivity contribution in [3.8, 4) is 17.6 Å². The molecule has 3 atom stereocenters. The zero-order valence-electron chi connectivity index (χ0n) is 16.0. The van der Waals surface area contributed by atoms with Crippen LogP contribution in [0.4, 0.5) is 4.39 Å². The standard InChI is InChI=1S/C22H17Br3FNO3/c1-22(2)15(10-19(24)25)20(22)21(28)30-18(11-27)12-3-8-16(26)17(9-12)29-14-6-4-13(23)5-7-14/h3-10,15,18,20H,1-2H3. The largest absolute Gasteiger partial charge is 0.454 e. The summed E-state index contributed by atoms with van der Waals surface area (Å²) < 4.78 is 26.9. The molecule has 4 nitrogen and oxygen atoms in total. The van der Waals surface area contributed by atoms with Crippen LogP contribution < -0.4 is 4.74 Å². The molecule has 3 rings (SSSR count). The minimum absolute atomic E-state index is 0.0115. The van der Waals surface area contributed by atoms with E-state index in [9.17, 15) is 14.4 Å². The number of hydrogen-bond donors (Lipinski definition) is 0. The summed E-state index contributed by atoms with van der Waals surface area (Å²) in [7, 11) is 0. The second-order valence-corrected chi connectivity index (χ2v) is 11.2. The van der Waals surface area contributed by atoms with E-state index in [1.54, 1.807) is 24.3 Å². The van der Waals surface area contributed by atoms with Gasteiger partial charge in [-0.15, -0.1) is 0 Å². The maximum absolute atomic E-state index is 14.2. The van der Waals surface area contributed by atoms with Crippen molar-refractivity contribution in [3.05, 3.63) is 67.8 Å². The van der Waals surface area contributed by atoms with Crippen LogP contribution in [0, 0.1) is 34.4 Å². The Bertz CT molecular complexity index is 1030. The second-order valence-electron chi connectivity index (χ2n) is 7.47. The number of hydrogen-bond acceptors (Lipinski definition) is 4. The van der Waals surface area contributed by atoms with Gasteiger partial charge in [0.1, 0.15) is 11.8 Å². The molecule has 30 heavy (non-hydrogen) atoms. The average Bonchev–Trinajstić information content (AvgIpc) is 3.22. The normalized spacial score (nSPS) is 19.9. The van der Waals surface area contributed by atoms with Gasteiger partial charge in [-0.2, -0.15) is 5.26 Å². The number of carbonyl (C=O) groups excluding carboxylic acids is 1. The van der Waals surface area contributed by atoms with E-state index in [1.165, 1.54) is 18.2 Å². The van der Waals surface area contributed by atoms with E-state index in [0.29, 0.717) is 11.3 Å². The summed E-state index contributed by atoms with van der Waals surface area (Å²) in [6, 6.07) is 12.9. The Balaban J connectivity index is 1.77. The predicted octanol–water partition coefficient (Wildman–Crippen LogP) is 7.39. The molecular weight excluding hydrogens is 585 g/mol. The molecule has 1 saturated carbocycles. The fourth-order valence-electron chi connectivity index (χ4n) is 3.32. The first-order valence-corrected chi connectivity index (χ1v) is 11.4. The second kappa shape index (κ2) is 9.21. The average molecular weight is 602 g/mol. The van der Waals surface area contributed by atoms with Gasteiger partial charge in [-0.1, -0.05) is 41.9 Å². The van der Waals surface area contributed by atoms with E-state index in [-0.39, 0.29) is 23.0 Å². The molecule has 0 saturated heterocycles. The third kappa shape index (κ3) is 5.13. The minimum atomic E-state index is -1.17. The Hall–Kier alpha value is -1.69. The van der Waals surface area contributed by atoms with Crippen LogP contribution in [0.2, 0.25) is 0 Å². The fourth-order valence-corrected chi connectivity index (χ4v) is 4.16. The summed E-state index contributed by atoms with van der Waals surface area (Å²) in [4.78, 5) is 12.7. The van der Waals surface area contributed by atoms with Gasteiger partial charge in [0.15, 0.2) is 11.6 Å². The highest BCUT2D eigenvalue weighted by molar-refractivity contribution is 9.28. The lowest BCUT2D eigenvalue weighted by Crippen LogP contribution is -2.14. The number of allylic oxidation sites excluding steroid dienone is 1. The zero-order valence-corrected chi connectivity index (χ0v) is 20.8. The molecule has 1 fully saturated rings. The molecule has 3 unspecified atom stereocenters. The molecule has 0 bridgehead atoms. The Morgan fingerprint density at radius 1 is 1.23 bits per heavy atom. The molecule has 0 spiro atoms. The topological polar surface area (TPSA) is 59.3 Å². The summed E-state index contributed by atoms with van der Waals surface area (Å²) in [5, 5.41) is 9.56. The van der Waals surface area contributed by atoms with Gasteiger partial charge in [-0.3, -0.25) is 4.79 Å². The number of rotatable bonds is 6. The van der Waals surface area contributed by atoms with Crippen LogP contribution in [-0.2, 0) is 9.53 Å². The molecule has 1 aliphatic carbocycles. The van der Waals surface area contributed by atoms with Crippen molar-refractivity contribution >= 4 is 53.8 Å². The summed E-state index contributed by atoms with van der Waals surface area (Å²) in [5.74, 6) is -1.04. The van der Waals surface area contributed by atoms with Crippen LogP contribution in [0.5, 0.6) is 11.5 Å².